The van der Waals surface area contributed by atoms with E-state index >= 15 is 0 Å². The predicted molar refractivity (Wildman–Crippen MR) is 88.7 cm³/mol. The van der Waals surface area contributed by atoms with Crippen molar-refractivity contribution in [3.63, 3.8) is 0 Å². The van der Waals surface area contributed by atoms with Crippen LogP contribution in [0.1, 0.15) is 56.9 Å². The van der Waals surface area contributed by atoms with E-state index < -0.39 is 12.1 Å². The molecule has 1 aromatic rings. The number of carbonyl (C=O) groups is 1. The Morgan fingerprint density at radius 2 is 1.96 bits per heavy atom. The molecule has 1 saturated carbocycles. The minimum Gasteiger partial charge on any atom is -0.411 e. The van der Waals surface area contributed by atoms with Crippen molar-refractivity contribution in [2.75, 3.05) is 13.2 Å². The number of aliphatic hydroxyl groups excluding tert-OH is 1. The highest BCUT2D eigenvalue weighted by Gasteiger charge is 2.36. The molecule has 2 fully saturated rings. The van der Waals surface area contributed by atoms with Crippen LogP contribution < -0.4 is 5.32 Å². The van der Waals surface area contributed by atoms with Crippen molar-refractivity contribution < 1.29 is 19.1 Å². The van der Waals surface area contributed by atoms with Gasteiger partial charge in [-0.2, -0.15) is 0 Å². The van der Waals surface area contributed by atoms with Crippen LogP contribution in [0.2, 0.25) is 0 Å². The molecule has 1 aromatic heterocycles. The van der Waals surface area contributed by atoms with Gasteiger partial charge in [0.25, 0.3) is 4.84 Å². The molecule has 1 amide bonds. The van der Waals surface area contributed by atoms with Crippen LogP contribution in [0.4, 0.5) is 0 Å². The first-order chi connectivity index (χ1) is 11.6. The number of aromatic nitrogens is 2. The minimum absolute atomic E-state index is 0.0272. The second kappa shape index (κ2) is 8.22. The standard InChI is InChI=1S/C16H25N3O4S/c20-13(15-18-19-16(24)23-15)12(10-6-8-22-9-7-10)17-14(21)11-4-2-1-3-5-11/h10-13,20H,1-9H2,(H,17,21)(H,19,24). The third kappa shape index (κ3) is 4.23. The molecule has 2 aliphatic rings. The van der Waals surface area contributed by atoms with Crippen molar-refractivity contribution in [1.82, 2.24) is 15.5 Å². The SMILES string of the molecule is O=C(NC(C1CCOCC1)C(O)c1n[nH]c(=S)o1)C1CCCCC1. The van der Waals surface area contributed by atoms with Crippen LogP contribution in [0.3, 0.4) is 0 Å². The summed E-state index contributed by atoms with van der Waals surface area (Å²) in [7, 11) is 0. The Morgan fingerprint density at radius 1 is 1.25 bits per heavy atom. The fourth-order valence-electron chi connectivity index (χ4n) is 3.70. The zero-order valence-corrected chi connectivity index (χ0v) is 14.5. The summed E-state index contributed by atoms with van der Waals surface area (Å²) in [4.78, 5) is 12.8. The van der Waals surface area contributed by atoms with Gasteiger partial charge in [0, 0.05) is 19.1 Å². The van der Waals surface area contributed by atoms with Crippen LogP contribution in [0, 0.1) is 16.7 Å². The van der Waals surface area contributed by atoms with E-state index in [0.29, 0.717) is 13.2 Å². The molecule has 0 radical (unpaired) electrons. The van der Waals surface area contributed by atoms with Gasteiger partial charge in [0.2, 0.25) is 11.8 Å². The molecular formula is C16H25N3O4S. The van der Waals surface area contributed by atoms with Crippen molar-refractivity contribution in [2.45, 2.75) is 57.1 Å². The lowest BCUT2D eigenvalue weighted by molar-refractivity contribution is -0.129. The number of amides is 1. The Bertz CT molecular complexity index is 590. The molecule has 3 N–H and O–H groups in total. The monoisotopic (exact) mass is 355 g/mol. The summed E-state index contributed by atoms with van der Waals surface area (Å²) < 4.78 is 10.7. The van der Waals surface area contributed by atoms with Crippen molar-refractivity contribution >= 4 is 18.1 Å². The lowest BCUT2D eigenvalue weighted by atomic mass is 9.85. The highest BCUT2D eigenvalue weighted by atomic mass is 32.1. The number of rotatable bonds is 5. The number of ether oxygens (including phenoxy) is 1. The molecule has 2 unspecified atom stereocenters. The summed E-state index contributed by atoms with van der Waals surface area (Å²) in [6.07, 6.45) is 5.79. The maximum absolute atomic E-state index is 12.7. The summed E-state index contributed by atoms with van der Waals surface area (Å²) >= 11 is 4.88. The van der Waals surface area contributed by atoms with Crippen LogP contribution in [0.15, 0.2) is 4.42 Å². The first kappa shape index (κ1) is 17.6. The van der Waals surface area contributed by atoms with Gasteiger partial charge in [0.15, 0.2) is 6.10 Å². The zero-order chi connectivity index (χ0) is 16.9. The molecular weight excluding hydrogens is 330 g/mol. The molecule has 1 saturated heterocycles. The fourth-order valence-corrected chi connectivity index (χ4v) is 3.83. The van der Waals surface area contributed by atoms with Crippen molar-refractivity contribution in [2.24, 2.45) is 11.8 Å². The lowest BCUT2D eigenvalue weighted by Gasteiger charge is -2.34. The van der Waals surface area contributed by atoms with Crippen LogP contribution in [0.5, 0.6) is 0 Å². The van der Waals surface area contributed by atoms with Crippen LogP contribution in [0.25, 0.3) is 0 Å². The molecule has 8 heteroatoms. The van der Waals surface area contributed by atoms with Gasteiger partial charge in [0.05, 0.1) is 6.04 Å². The van der Waals surface area contributed by atoms with E-state index in [2.05, 4.69) is 15.5 Å². The predicted octanol–water partition coefficient (Wildman–Crippen LogP) is 2.26. The smallest absolute Gasteiger partial charge is 0.284 e. The van der Waals surface area contributed by atoms with Gasteiger partial charge in [-0.25, -0.2) is 5.10 Å². The van der Waals surface area contributed by atoms with E-state index in [0.717, 1.165) is 38.5 Å². The molecule has 0 bridgehead atoms. The Hall–Kier alpha value is -1.25. The third-order valence-corrected chi connectivity index (χ3v) is 5.28. The Kier molecular flexibility index (Phi) is 6.02. The molecule has 1 aliphatic carbocycles. The van der Waals surface area contributed by atoms with E-state index in [4.69, 9.17) is 21.4 Å². The number of nitrogens with zero attached hydrogens (tertiary/aromatic N) is 1. The topological polar surface area (TPSA) is 100 Å². The molecule has 7 nitrogen and oxygen atoms in total. The number of H-pyrrole nitrogens is 1. The first-order valence-corrected chi connectivity index (χ1v) is 9.17. The molecule has 24 heavy (non-hydrogen) atoms. The van der Waals surface area contributed by atoms with Gasteiger partial charge < -0.3 is 19.6 Å². The van der Waals surface area contributed by atoms with Gasteiger partial charge in [-0.05, 0) is 43.8 Å². The van der Waals surface area contributed by atoms with Crippen molar-refractivity contribution in [3.8, 4) is 0 Å². The number of hydrogen-bond donors (Lipinski definition) is 3. The number of nitrogens with one attached hydrogen (secondary N) is 2. The van der Waals surface area contributed by atoms with E-state index in [-0.39, 0.29) is 28.5 Å². The average Bonchev–Trinajstić information content (AvgIpc) is 3.07. The van der Waals surface area contributed by atoms with Gasteiger partial charge >= 0.3 is 0 Å². The Balaban J connectivity index is 1.73. The number of carbonyl (C=O) groups excluding carboxylic acids is 1. The Morgan fingerprint density at radius 3 is 2.58 bits per heavy atom. The maximum atomic E-state index is 12.7. The number of aliphatic hydroxyl groups is 1. The summed E-state index contributed by atoms with van der Waals surface area (Å²) in [5.74, 6) is 0.320. The zero-order valence-electron chi connectivity index (χ0n) is 13.7. The second-order valence-corrected chi connectivity index (χ2v) is 7.09. The maximum Gasteiger partial charge on any atom is 0.284 e. The second-order valence-electron chi connectivity index (χ2n) is 6.72. The quantitative estimate of drug-likeness (QED) is 0.701. The van der Waals surface area contributed by atoms with E-state index in [1.807, 2.05) is 0 Å². The molecule has 134 valence electrons. The van der Waals surface area contributed by atoms with Crippen LogP contribution >= 0.6 is 12.2 Å². The van der Waals surface area contributed by atoms with Crippen LogP contribution in [-0.4, -0.2) is 40.5 Å². The number of hydrogen-bond acceptors (Lipinski definition) is 6. The first-order valence-electron chi connectivity index (χ1n) is 8.76. The highest BCUT2D eigenvalue weighted by Crippen LogP contribution is 2.29. The summed E-state index contributed by atoms with van der Waals surface area (Å²) in [6, 6.07) is -0.440. The number of aromatic amines is 1. The molecule has 2 heterocycles. The molecule has 1 aliphatic heterocycles. The van der Waals surface area contributed by atoms with E-state index in [1.54, 1.807) is 0 Å². The van der Waals surface area contributed by atoms with Gasteiger partial charge in [-0.15, -0.1) is 5.10 Å². The van der Waals surface area contributed by atoms with E-state index in [1.165, 1.54) is 6.42 Å². The molecule has 0 aromatic carbocycles. The summed E-state index contributed by atoms with van der Waals surface area (Å²) in [5.41, 5.74) is 0. The van der Waals surface area contributed by atoms with E-state index in [9.17, 15) is 9.90 Å². The van der Waals surface area contributed by atoms with Crippen molar-refractivity contribution in [3.05, 3.63) is 10.7 Å². The van der Waals surface area contributed by atoms with Gasteiger partial charge in [-0.3, -0.25) is 4.79 Å². The molecule has 2 atom stereocenters. The lowest BCUT2D eigenvalue weighted by Crippen LogP contribution is -2.48. The largest absolute Gasteiger partial charge is 0.411 e. The molecule has 3 rings (SSSR count). The molecule has 0 spiro atoms. The average molecular weight is 355 g/mol. The minimum atomic E-state index is -1.02. The Labute approximate surface area is 146 Å². The van der Waals surface area contributed by atoms with Crippen molar-refractivity contribution in [1.29, 1.82) is 0 Å². The highest BCUT2D eigenvalue weighted by molar-refractivity contribution is 7.71. The fraction of sp³-hybridized carbons (Fsp3) is 0.812. The van der Waals surface area contributed by atoms with Crippen LogP contribution in [-0.2, 0) is 9.53 Å². The normalized spacial score (nSPS) is 22.9. The van der Waals surface area contributed by atoms with Gasteiger partial charge in [0.1, 0.15) is 0 Å². The third-order valence-electron chi connectivity index (χ3n) is 5.11. The summed E-state index contributed by atoms with van der Waals surface area (Å²) in [5, 5.41) is 20.2. The van der Waals surface area contributed by atoms with Gasteiger partial charge in [-0.1, -0.05) is 19.3 Å². The summed E-state index contributed by atoms with van der Waals surface area (Å²) in [6.45, 7) is 1.27.